The highest BCUT2D eigenvalue weighted by Gasteiger charge is 2.48. The molecule has 166 valence electrons. The Morgan fingerprint density at radius 1 is 1.06 bits per heavy atom. The lowest BCUT2D eigenvalue weighted by Crippen LogP contribution is -2.31. The van der Waals surface area contributed by atoms with E-state index in [0.717, 1.165) is 12.8 Å². The highest BCUT2D eigenvalue weighted by Crippen LogP contribution is 2.40. The maximum Gasteiger partial charge on any atom is 0.338 e. The minimum Gasteiger partial charge on any atom is -0.452 e. The van der Waals surface area contributed by atoms with Crippen LogP contribution in [0.25, 0.3) is 0 Å². The average molecular weight is 520 g/mol. The van der Waals surface area contributed by atoms with E-state index in [9.17, 15) is 19.2 Å². The molecular formula is C23H20BrClN2O5. The van der Waals surface area contributed by atoms with Crippen molar-refractivity contribution in [1.82, 2.24) is 0 Å². The molecule has 0 bridgehead atoms. The summed E-state index contributed by atoms with van der Waals surface area (Å²) in [5.41, 5.74) is 0.962. The fourth-order valence-electron chi connectivity index (χ4n) is 4.17. The average Bonchev–Trinajstić information content (AvgIpc) is 3.05. The van der Waals surface area contributed by atoms with E-state index < -0.39 is 18.5 Å². The van der Waals surface area contributed by atoms with E-state index >= 15 is 0 Å². The van der Waals surface area contributed by atoms with Crippen molar-refractivity contribution in [2.24, 2.45) is 11.8 Å². The topological polar surface area (TPSA) is 92.8 Å². The maximum absolute atomic E-state index is 12.8. The lowest BCUT2D eigenvalue weighted by atomic mass is 9.81. The van der Waals surface area contributed by atoms with Crippen LogP contribution in [0.1, 0.15) is 36.0 Å². The van der Waals surface area contributed by atoms with Crippen LogP contribution in [0.2, 0.25) is 5.02 Å². The largest absolute Gasteiger partial charge is 0.452 e. The highest BCUT2D eigenvalue weighted by atomic mass is 79.9. The maximum atomic E-state index is 12.8. The number of hydrogen-bond acceptors (Lipinski definition) is 5. The van der Waals surface area contributed by atoms with E-state index in [2.05, 4.69) is 21.2 Å². The Bertz CT molecular complexity index is 1080. The number of carbonyl (C=O) groups is 4. The number of nitrogens with one attached hydrogen (secondary N) is 1. The molecule has 0 aromatic heterocycles. The molecule has 0 radical (unpaired) electrons. The second kappa shape index (κ2) is 9.42. The third-order valence-corrected chi connectivity index (χ3v) is 6.95. The lowest BCUT2D eigenvalue weighted by Gasteiger charge is -2.19. The van der Waals surface area contributed by atoms with Crippen molar-refractivity contribution in [3.63, 3.8) is 0 Å². The predicted molar refractivity (Wildman–Crippen MR) is 122 cm³/mol. The van der Waals surface area contributed by atoms with Gasteiger partial charge >= 0.3 is 5.97 Å². The van der Waals surface area contributed by atoms with Crippen molar-refractivity contribution < 1.29 is 23.9 Å². The molecule has 1 saturated heterocycles. The number of esters is 1. The van der Waals surface area contributed by atoms with Gasteiger partial charge in [0.1, 0.15) is 0 Å². The van der Waals surface area contributed by atoms with E-state index in [4.69, 9.17) is 16.3 Å². The van der Waals surface area contributed by atoms with Crippen molar-refractivity contribution in [1.29, 1.82) is 0 Å². The molecule has 4 rings (SSSR count). The number of carbonyl (C=O) groups excluding carboxylic acids is 4. The van der Waals surface area contributed by atoms with Crippen LogP contribution in [0, 0.1) is 11.8 Å². The molecule has 0 unspecified atom stereocenters. The Balaban J connectivity index is 1.40. The van der Waals surface area contributed by atoms with Gasteiger partial charge in [-0.2, -0.15) is 0 Å². The Kier molecular flexibility index (Phi) is 6.62. The van der Waals surface area contributed by atoms with Crippen LogP contribution in [0.15, 0.2) is 46.9 Å². The predicted octanol–water partition coefficient (Wildman–Crippen LogP) is 4.58. The standard InChI is InChI=1S/C23H20BrClN2O5/c24-18-9-8-14(11-19(18)25)26-20(28)12-32-23(31)13-4-3-5-15(10-13)27-21(29)16-6-1-2-7-17(16)22(27)30/h3-5,8-11,16-17H,1-2,6-7,12H2,(H,26,28)/t16-,17-/m1/s1. The summed E-state index contributed by atoms with van der Waals surface area (Å²) in [6.45, 7) is -0.498. The Hall–Kier alpha value is -2.71. The third-order valence-electron chi connectivity index (χ3n) is 5.72. The Morgan fingerprint density at radius 2 is 1.75 bits per heavy atom. The van der Waals surface area contributed by atoms with Crippen molar-refractivity contribution >= 4 is 62.6 Å². The molecule has 9 heteroatoms. The summed E-state index contributed by atoms with van der Waals surface area (Å²) in [5, 5.41) is 3.03. The minimum atomic E-state index is -0.729. The van der Waals surface area contributed by atoms with Gasteiger partial charge in [-0.25, -0.2) is 4.79 Å². The smallest absolute Gasteiger partial charge is 0.338 e. The molecule has 2 atom stereocenters. The first-order valence-corrected chi connectivity index (χ1v) is 11.4. The highest BCUT2D eigenvalue weighted by molar-refractivity contribution is 9.10. The number of imide groups is 1. The molecule has 1 aliphatic carbocycles. The summed E-state index contributed by atoms with van der Waals surface area (Å²) in [5.74, 6) is -2.23. The van der Waals surface area contributed by atoms with Crippen LogP contribution >= 0.6 is 27.5 Å². The number of benzene rings is 2. The molecule has 1 saturated carbocycles. The molecule has 2 aromatic rings. The van der Waals surface area contributed by atoms with Crippen LogP contribution in [0.3, 0.4) is 0 Å². The van der Waals surface area contributed by atoms with Crippen LogP contribution in [-0.4, -0.2) is 30.3 Å². The summed E-state index contributed by atoms with van der Waals surface area (Å²) in [6, 6.07) is 11.1. The van der Waals surface area contributed by atoms with E-state index in [0.29, 0.717) is 33.7 Å². The zero-order valence-corrected chi connectivity index (χ0v) is 19.3. The van der Waals surface area contributed by atoms with Crippen molar-refractivity contribution in [2.75, 3.05) is 16.8 Å². The molecule has 2 aliphatic rings. The van der Waals surface area contributed by atoms with Gasteiger partial charge in [-0.1, -0.05) is 30.5 Å². The summed E-state index contributed by atoms with van der Waals surface area (Å²) in [4.78, 5) is 51.3. The molecule has 1 aliphatic heterocycles. The molecule has 7 nitrogen and oxygen atoms in total. The summed E-state index contributed by atoms with van der Waals surface area (Å²) in [6.07, 6.45) is 3.31. The summed E-state index contributed by atoms with van der Waals surface area (Å²) < 4.78 is 5.79. The van der Waals surface area contributed by atoms with Gasteiger partial charge in [0.05, 0.1) is 28.1 Å². The zero-order valence-electron chi connectivity index (χ0n) is 17.0. The number of ether oxygens (including phenoxy) is 1. The van der Waals surface area contributed by atoms with Gasteiger partial charge in [-0.05, 0) is 65.2 Å². The van der Waals surface area contributed by atoms with Crippen LogP contribution in [0.5, 0.6) is 0 Å². The fourth-order valence-corrected chi connectivity index (χ4v) is 4.60. The van der Waals surface area contributed by atoms with Gasteiger partial charge in [-0.15, -0.1) is 0 Å². The van der Waals surface area contributed by atoms with Gasteiger partial charge in [0.2, 0.25) is 11.8 Å². The number of halogens is 2. The second-order valence-electron chi connectivity index (χ2n) is 7.81. The van der Waals surface area contributed by atoms with E-state index in [-0.39, 0.29) is 29.2 Å². The second-order valence-corrected chi connectivity index (χ2v) is 9.07. The van der Waals surface area contributed by atoms with Gasteiger partial charge in [0, 0.05) is 10.2 Å². The van der Waals surface area contributed by atoms with Crippen molar-refractivity contribution in [2.45, 2.75) is 25.7 Å². The SMILES string of the molecule is O=C(COC(=O)c1cccc(N2C(=O)[C@@H]3CCCC[C@H]3C2=O)c1)Nc1ccc(Br)c(Cl)c1. The van der Waals surface area contributed by atoms with E-state index in [1.807, 2.05) is 0 Å². The van der Waals surface area contributed by atoms with Gasteiger partial charge in [0.15, 0.2) is 6.61 Å². The van der Waals surface area contributed by atoms with Crippen LogP contribution in [0.4, 0.5) is 11.4 Å². The third kappa shape index (κ3) is 4.56. The molecule has 32 heavy (non-hydrogen) atoms. The van der Waals surface area contributed by atoms with Gasteiger partial charge in [0.25, 0.3) is 5.91 Å². The summed E-state index contributed by atoms with van der Waals surface area (Å²) in [7, 11) is 0. The molecule has 2 aromatic carbocycles. The normalized spacial score (nSPS) is 20.1. The van der Waals surface area contributed by atoms with Gasteiger partial charge in [-0.3, -0.25) is 19.3 Å². The molecular weight excluding hydrogens is 500 g/mol. The van der Waals surface area contributed by atoms with Crippen LogP contribution < -0.4 is 10.2 Å². The van der Waals surface area contributed by atoms with Crippen LogP contribution in [-0.2, 0) is 19.1 Å². The Morgan fingerprint density at radius 3 is 2.41 bits per heavy atom. The number of anilines is 2. The Labute approximate surface area is 198 Å². The number of fused-ring (bicyclic) bond motifs is 1. The fraction of sp³-hybridized carbons (Fsp3) is 0.304. The van der Waals surface area contributed by atoms with E-state index in [1.54, 1.807) is 30.3 Å². The van der Waals surface area contributed by atoms with E-state index in [1.165, 1.54) is 17.0 Å². The molecule has 1 N–H and O–H groups in total. The number of amides is 3. The van der Waals surface area contributed by atoms with Crippen molar-refractivity contribution in [3.05, 3.63) is 57.5 Å². The number of hydrogen-bond donors (Lipinski definition) is 1. The quantitative estimate of drug-likeness (QED) is 0.461. The minimum absolute atomic E-state index is 0.150. The first kappa shape index (κ1) is 22.5. The lowest BCUT2D eigenvalue weighted by molar-refractivity contribution is -0.122. The molecule has 1 heterocycles. The summed E-state index contributed by atoms with van der Waals surface area (Å²) >= 11 is 9.27. The molecule has 0 spiro atoms. The van der Waals surface area contributed by atoms with Gasteiger partial charge < -0.3 is 10.1 Å². The van der Waals surface area contributed by atoms with Crippen molar-refractivity contribution in [3.8, 4) is 0 Å². The number of rotatable bonds is 5. The zero-order chi connectivity index (χ0) is 22.8. The first-order chi connectivity index (χ1) is 15.3. The first-order valence-electron chi connectivity index (χ1n) is 10.2. The molecule has 2 fully saturated rings. The number of nitrogens with zero attached hydrogens (tertiary/aromatic N) is 1. The monoisotopic (exact) mass is 518 g/mol. The molecule has 3 amide bonds.